The van der Waals surface area contributed by atoms with Crippen molar-refractivity contribution in [3.05, 3.63) is 95.6 Å². The van der Waals surface area contributed by atoms with E-state index in [1.54, 1.807) is 24.3 Å². The largest absolute Gasteiger partial charge is 0.477 e. The highest BCUT2D eigenvalue weighted by atomic mass is 19.1. The van der Waals surface area contributed by atoms with Crippen LogP contribution in [0.25, 0.3) is 0 Å². The highest BCUT2D eigenvalue weighted by Crippen LogP contribution is 2.34. The summed E-state index contributed by atoms with van der Waals surface area (Å²) in [6.45, 7) is 0.314. The van der Waals surface area contributed by atoms with Crippen molar-refractivity contribution >= 4 is 17.5 Å². The molecule has 158 valence electrons. The van der Waals surface area contributed by atoms with Gasteiger partial charge in [0.1, 0.15) is 17.4 Å². The van der Waals surface area contributed by atoms with Gasteiger partial charge in [0.15, 0.2) is 6.10 Å². The van der Waals surface area contributed by atoms with Gasteiger partial charge in [-0.1, -0.05) is 42.5 Å². The van der Waals surface area contributed by atoms with Gasteiger partial charge in [-0.15, -0.1) is 0 Å². The third kappa shape index (κ3) is 4.55. The number of carbonyl (C=O) groups is 2. The summed E-state index contributed by atoms with van der Waals surface area (Å²) in [5, 5.41) is 2.82. The van der Waals surface area contributed by atoms with Gasteiger partial charge < -0.3 is 15.0 Å². The molecular weight excluding hydrogens is 402 g/mol. The summed E-state index contributed by atoms with van der Waals surface area (Å²) in [6, 6.07) is 19.2. The zero-order valence-corrected chi connectivity index (χ0v) is 16.6. The van der Waals surface area contributed by atoms with E-state index >= 15 is 0 Å². The molecule has 1 N–H and O–H groups in total. The Labute approximate surface area is 178 Å². The summed E-state index contributed by atoms with van der Waals surface area (Å²) in [5.74, 6) is -2.43. The van der Waals surface area contributed by atoms with Gasteiger partial charge >= 0.3 is 0 Å². The lowest BCUT2D eigenvalue weighted by Gasteiger charge is -2.34. The highest BCUT2D eigenvalue weighted by Gasteiger charge is 2.34. The second-order valence-corrected chi connectivity index (χ2v) is 7.14. The molecule has 5 nitrogen and oxygen atoms in total. The number of anilines is 1. The summed E-state index contributed by atoms with van der Waals surface area (Å²) in [4.78, 5) is 27.0. The average Bonchev–Trinajstić information content (AvgIpc) is 2.78. The van der Waals surface area contributed by atoms with Crippen LogP contribution < -0.4 is 15.0 Å². The van der Waals surface area contributed by atoms with E-state index in [4.69, 9.17) is 4.74 Å². The maximum atomic E-state index is 14.2. The number of amides is 2. The average molecular weight is 422 g/mol. The Morgan fingerprint density at radius 3 is 2.52 bits per heavy atom. The minimum absolute atomic E-state index is 0.0934. The molecule has 0 spiro atoms. The number of rotatable bonds is 5. The minimum Gasteiger partial charge on any atom is -0.477 e. The zero-order valence-electron chi connectivity index (χ0n) is 16.6. The first-order chi connectivity index (χ1) is 15.0. The lowest BCUT2D eigenvalue weighted by atomic mass is 10.1. The number of ether oxygens (including phenoxy) is 1. The van der Waals surface area contributed by atoms with E-state index in [1.807, 2.05) is 30.3 Å². The molecule has 1 aliphatic rings. The molecule has 4 rings (SSSR count). The number of nitrogens with zero attached hydrogens (tertiary/aromatic N) is 1. The Morgan fingerprint density at radius 2 is 1.74 bits per heavy atom. The van der Waals surface area contributed by atoms with Gasteiger partial charge in [-0.2, -0.15) is 0 Å². The first kappa shape index (κ1) is 20.5. The van der Waals surface area contributed by atoms with Gasteiger partial charge in [0.25, 0.3) is 11.8 Å². The predicted octanol–water partition coefficient (Wildman–Crippen LogP) is 3.73. The van der Waals surface area contributed by atoms with Crippen molar-refractivity contribution in [2.24, 2.45) is 0 Å². The lowest BCUT2D eigenvalue weighted by Crippen LogP contribution is -2.51. The molecule has 3 aromatic carbocycles. The first-order valence-electron chi connectivity index (χ1n) is 9.87. The lowest BCUT2D eigenvalue weighted by molar-refractivity contribution is -0.127. The molecule has 0 aromatic heterocycles. The van der Waals surface area contributed by atoms with E-state index in [9.17, 15) is 18.4 Å². The van der Waals surface area contributed by atoms with Crippen LogP contribution >= 0.6 is 0 Å². The van der Waals surface area contributed by atoms with Crippen LogP contribution in [0.2, 0.25) is 0 Å². The van der Waals surface area contributed by atoms with Gasteiger partial charge in [0, 0.05) is 12.6 Å². The molecular formula is C24H20F2N2O3. The number of carbonyl (C=O) groups excluding carboxylic acids is 2. The molecule has 0 aliphatic carbocycles. The molecule has 7 heteroatoms. The monoisotopic (exact) mass is 422 g/mol. The molecule has 0 bridgehead atoms. The van der Waals surface area contributed by atoms with Crippen molar-refractivity contribution in [1.82, 2.24) is 5.32 Å². The Hall–Kier alpha value is -3.74. The van der Waals surface area contributed by atoms with Crippen LogP contribution in [0.5, 0.6) is 5.75 Å². The van der Waals surface area contributed by atoms with E-state index in [0.29, 0.717) is 30.5 Å². The van der Waals surface area contributed by atoms with Gasteiger partial charge in [-0.3, -0.25) is 9.59 Å². The molecule has 1 aliphatic heterocycles. The molecule has 31 heavy (non-hydrogen) atoms. The fourth-order valence-electron chi connectivity index (χ4n) is 3.46. The normalized spacial score (nSPS) is 15.0. The number of fused-ring (bicyclic) bond motifs is 1. The Balaban J connectivity index is 1.51. The van der Waals surface area contributed by atoms with Crippen LogP contribution in [-0.4, -0.2) is 31.0 Å². The third-order valence-corrected chi connectivity index (χ3v) is 5.03. The number of para-hydroxylation sites is 2. The summed E-state index contributed by atoms with van der Waals surface area (Å²) in [7, 11) is 0. The van der Waals surface area contributed by atoms with Crippen molar-refractivity contribution in [2.45, 2.75) is 12.5 Å². The molecule has 0 saturated heterocycles. The standard InChI is InChI=1S/C24H20F2N2O3/c25-17-10-11-18(19(26)14-17)24(30)28-15-22(31-21-9-5-4-8-20(21)28)23(29)27-13-12-16-6-2-1-3-7-16/h1-11,14,22H,12-13,15H2,(H,27,29)/t22-/m1/s1. The maximum Gasteiger partial charge on any atom is 0.262 e. The molecule has 1 heterocycles. The Kier molecular flexibility index (Phi) is 5.93. The first-order valence-corrected chi connectivity index (χ1v) is 9.87. The summed E-state index contributed by atoms with van der Waals surface area (Å²) >= 11 is 0. The molecule has 0 unspecified atom stereocenters. The topological polar surface area (TPSA) is 58.6 Å². The van der Waals surface area contributed by atoms with Crippen LogP contribution in [0.4, 0.5) is 14.5 Å². The van der Waals surface area contributed by atoms with Crippen LogP contribution in [0.3, 0.4) is 0 Å². The summed E-state index contributed by atoms with van der Waals surface area (Å²) < 4.78 is 33.3. The van der Waals surface area contributed by atoms with E-state index in [-0.39, 0.29) is 18.0 Å². The predicted molar refractivity (Wildman–Crippen MR) is 112 cm³/mol. The van der Waals surface area contributed by atoms with Gasteiger partial charge in [0.05, 0.1) is 17.8 Å². The third-order valence-electron chi connectivity index (χ3n) is 5.03. The molecule has 3 aromatic rings. The summed E-state index contributed by atoms with van der Waals surface area (Å²) in [6.07, 6.45) is -0.308. The van der Waals surface area contributed by atoms with Gasteiger partial charge in [-0.05, 0) is 36.2 Å². The van der Waals surface area contributed by atoms with Crippen LogP contribution in [0, 0.1) is 11.6 Å². The Morgan fingerprint density at radius 1 is 1.00 bits per heavy atom. The van der Waals surface area contributed by atoms with Crippen molar-refractivity contribution in [1.29, 1.82) is 0 Å². The van der Waals surface area contributed by atoms with Crippen molar-refractivity contribution in [3.8, 4) is 5.75 Å². The molecule has 0 fully saturated rings. The molecule has 0 saturated carbocycles. The van der Waals surface area contributed by atoms with Gasteiger partial charge in [-0.25, -0.2) is 8.78 Å². The quantitative estimate of drug-likeness (QED) is 0.682. The van der Waals surface area contributed by atoms with E-state index < -0.39 is 23.6 Å². The second kappa shape index (κ2) is 8.95. The molecule has 1 atom stereocenters. The number of nitrogens with one attached hydrogen (secondary N) is 1. The second-order valence-electron chi connectivity index (χ2n) is 7.14. The van der Waals surface area contributed by atoms with E-state index in [1.165, 1.54) is 4.90 Å². The molecule has 2 amide bonds. The van der Waals surface area contributed by atoms with E-state index in [2.05, 4.69) is 5.32 Å². The van der Waals surface area contributed by atoms with Crippen LogP contribution in [0.1, 0.15) is 15.9 Å². The van der Waals surface area contributed by atoms with Crippen molar-refractivity contribution in [3.63, 3.8) is 0 Å². The fraction of sp³-hybridized carbons (Fsp3) is 0.167. The summed E-state index contributed by atoms with van der Waals surface area (Å²) in [5.41, 5.74) is 1.23. The Bertz CT molecular complexity index is 1100. The number of hydrogen-bond acceptors (Lipinski definition) is 3. The SMILES string of the molecule is O=C(NCCc1ccccc1)[C@H]1CN(C(=O)c2ccc(F)cc2F)c2ccccc2O1. The van der Waals surface area contributed by atoms with Crippen molar-refractivity contribution < 1.29 is 23.1 Å². The van der Waals surface area contributed by atoms with Crippen LogP contribution in [0.15, 0.2) is 72.8 Å². The highest BCUT2D eigenvalue weighted by molar-refractivity contribution is 6.08. The van der Waals surface area contributed by atoms with E-state index in [0.717, 1.165) is 17.7 Å². The van der Waals surface area contributed by atoms with Crippen LogP contribution in [-0.2, 0) is 11.2 Å². The number of hydrogen-bond donors (Lipinski definition) is 1. The minimum atomic E-state index is -0.960. The number of benzene rings is 3. The fourth-order valence-corrected chi connectivity index (χ4v) is 3.46. The maximum absolute atomic E-state index is 14.2. The van der Waals surface area contributed by atoms with Gasteiger partial charge in [0.2, 0.25) is 0 Å². The van der Waals surface area contributed by atoms with Crippen molar-refractivity contribution in [2.75, 3.05) is 18.0 Å². The zero-order chi connectivity index (χ0) is 21.8. The number of halogens is 2. The smallest absolute Gasteiger partial charge is 0.262 e. The molecule has 0 radical (unpaired) electrons.